The number of nitrogens with zero attached hydrogens (tertiary/aromatic N) is 2. The van der Waals surface area contributed by atoms with Crippen molar-refractivity contribution in [2.75, 3.05) is 52.7 Å². The zero-order valence-electron chi connectivity index (χ0n) is 17.7. The van der Waals surface area contributed by atoms with Crippen LogP contribution >= 0.6 is 0 Å². The Labute approximate surface area is 177 Å². The van der Waals surface area contributed by atoms with Crippen molar-refractivity contribution < 1.29 is 28.6 Å². The van der Waals surface area contributed by atoms with Gasteiger partial charge in [0.15, 0.2) is 0 Å². The molecule has 1 aromatic rings. The van der Waals surface area contributed by atoms with Crippen LogP contribution in [0.1, 0.15) is 41.0 Å². The summed E-state index contributed by atoms with van der Waals surface area (Å²) in [6.07, 6.45) is 0.399. The molecule has 0 aromatic heterocycles. The van der Waals surface area contributed by atoms with E-state index in [2.05, 4.69) is 0 Å². The second kappa shape index (κ2) is 10.7. The van der Waals surface area contributed by atoms with Crippen LogP contribution in [0.25, 0.3) is 0 Å². The number of rotatable bonds is 4. The van der Waals surface area contributed by atoms with Gasteiger partial charge in [-0.2, -0.15) is 0 Å². The molecule has 30 heavy (non-hydrogen) atoms. The zero-order chi connectivity index (χ0) is 21.5. The predicted molar refractivity (Wildman–Crippen MR) is 109 cm³/mol. The molecule has 0 unspecified atom stereocenters. The SMILES string of the molecule is CC(C)C[C@@H](C(=O)N1CCOCCOCCOCC1)N1C(=O)c2ccccc2C1=O. The van der Waals surface area contributed by atoms with Gasteiger partial charge in [0, 0.05) is 13.1 Å². The Kier molecular flexibility index (Phi) is 7.95. The van der Waals surface area contributed by atoms with Gasteiger partial charge in [-0.05, 0) is 24.5 Å². The van der Waals surface area contributed by atoms with E-state index in [0.29, 0.717) is 70.3 Å². The standard InChI is InChI=1S/C22H30N2O6/c1-16(2)15-19(24-20(25)17-5-3-4-6-18(17)21(24)26)22(27)23-7-9-28-11-13-30-14-12-29-10-8-23/h3-6,16,19H,7-15H2,1-2H3/t19-/m0/s1. The normalized spacial score (nSPS) is 20.0. The van der Waals surface area contributed by atoms with E-state index in [-0.39, 0.29) is 11.8 Å². The molecule has 8 heteroatoms. The molecule has 0 radical (unpaired) electrons. The lowest BCUT2D eigenvalue weighted by atomic mass is 10.0. The fraction of sp³-hybridized carbons (Fsp3) is 0.591. The molecule has 164 valence electrons. The fourth-order valence-corrected chi connectivity index (χ4v) is 3.69. The van der Waals surface area contributed by atoms with Crippen molar-refractivity contribution >= 4 is 17.7 Å². The molecule has 0 saturated carbocycles. The number of amides is 3. The fourth-order valence-electron chi connectivity index (χ4n) is 3.69. The van der Waals surface area contributed by atoms with Crippen molar-refractivity contribution in [3.05, 3.63) is 35.4 Å². The van der Waals surface area contributed by atoms with Crippen LogP contribution in [0.2, 0.25) is 0 Å². The Bertz CT molecular complexity index is 719. The van der Waals surface area contributed by atoms with Gasteiger partial charge >= 0.3 is 0 Å². The molecule has 1 fully saturated rings. The van der Waals surface area contributed by atoms with E-state index >= 15 is 0 Å². The highest BCUT2D eigenvalue weighted by Gasteiger charge is 2.43. The highest BCUT2D eigenvalue weighted by Crippen LogP contribution is 2.27. The van der Waals surface area contributed by atoms with Crippen LogP contribution in [-0.4, -0.2) is 86.3 Å². The van der Waals surface area contributed by atoms with Gasteiger partial charge in [-0.1, -0.05) is 26.0 Å². The molecule has 1 saturated heterocycles. The summed E-state index contributed by atoms with van der Waals surface area (Å²) in [6.45, 7) is 7.20. The highest BCUT2D eigenvalue weighted by atomic mass is 16.5. The number of imide groups is 1. The van der Waals surface area contributed by atoms with Gasteiger partial charge in [0.05, 0.1) is 50.8 Å². The lowest BCUT2D eigenvalue weighted by molar-refractivity contribution is -0.138. The Morgan fingerprint density at radius 1 is 0.867 bits per heavy atom. The van der Waals surface area contributed by atoms with E-state index in [1.807, 2.05) is 13.8 Å². The van der Waals surface area contributed by atoms with Crippen molar-refractivity contribution in [2.45, 2.75) is 26.3 Å². The highest BCUT2D eigenvalue weighted by molar-refractivity contribution is 6.22. The third-order valence-electron chi connectivity index (χ3n) is 5.18. The molecule has 1 atom stereocenters. The molecule has 0 spiro atoms. The second-order valence-corrected chi connectivity index (χ2v) is 7.83. The van der Waals surface area contributed by atoms with E-state index in [1.165, 1.54) is 0 Å². The summed E-state index contributed by atoms with van der Waals surface area (Å²) < 4.78 is 16.5. The van der Waals surface area contributed by atoms with Crippen LogP contribution < -0.4 is 0 Å². The van der Waals surface area contributed by atoms with E-state index in [9.17, 15) is 14.4 Å². The number of fused-ring (bicyclic) bond motifs is 1. The van der Waals surface area contributed by atoms with Crippen LogP contribution in [0.3, 0.4) is 0 Å². The maximum absolute atomic E-state index is 13.5. The van der Waals surface area contributed by atoms with Crippen LogP contribution in [0.15, 0.2) is 24.3 Å². The molecule has 2 heterocycles. The van der Waals surface area contributed by atoms with Gasteiger partial charge in [-0.15, -0.1) is 0 Å². The first-order chi connectivity index (χ1) is 14.5. The van der Waals surface area contributed by atoms with E-state index < -0.39 is 17.9 Å². The summed E-state index contributed by atoms with van der Waals surface area (Å²) in [5.74, 6) is -0.943. The number of hydrogen-bond donors (Lipinski definition) is 0. The lowest BCUT2D eigenvalue weighted by Gasteiger charge is -2.32. The summed E-state index contributed by atoms with van der Waals surface area (Å²) in [5.41, 5.74) is 0.703. The summed E-state index contributed by atoms with van der Waals surface area (Å²) in [7, 11) is 0. The van der Waals surface area contributed by atoms with Gasteiger partial charge in [0.2, 0.25) is 5.91 Å². The molecular formula is C22H30N2O6. The Morgan fingerprint density at radius 3 is 1.80 bits per heavy atom. The van der Waals surface area contributed by atoms with Crippen molar-refractivity contribution in [1.82, 2.24) is 9.80 Å². The third-order valence-corrected chi connectivity index (χ3v) is 5.18. The summed E-state index contributed by atoms with van der Waals surface area (Å²) in [4.78, 5) is 42.3. The van der Waals surface area contributed by atoms with Crippen LogP contribution in [0.4, 0.5) is 0 Å². The second-order valence-electron chi connectivity index (χ2n) is 7.83. The average Bonchev–Trinajstić information content (AvgIpc) is 2.97. The number of carbonyl (C=O) groups is 3. The Morgan fingerprint density at radius 2 is 1.33 bits per heavy atom. The van der Waals surface area contributed by atoms with Gasteiger partial charge in [-0.3, -0.25) is 19.3 Å². The monoisotopic (exact) mass is 418 g/mol. The zero-order valence-corrected chi connectivity index (χ0v) is 17.7. The minimum absolute atomic E-state index is 0.125. The van der Waals surface area contributed by atoms with Crippen molar-refractivity contribution in [3.63, 3.8) is 0 Å². The number of ether oxygens (including phenoxy) is 3. The van der Waals surface area contributed by atoms with Crippen molar-refractivity contribution in [3.8, 4) is 0 Å². The van der Waals surface area contributed by atoms with Crippen molar-refractivity contribution in [1.29, 1.82) is 0 Å². The maximum Gasteiger partial charge on any atom is 0.262 e. The summed E-state index contributed by atoms with van der Waals surface area (Å²) in [5, 5.41) is 0. The van der Waals surface area contributed by atoms with Gasteiger partial charge < -0.3 is 19.1 Å². The first-order valence-electron chi connectivity index (χ1n) is 10.5. The molecule has 3 rings (SSSR count). The van der Waals surface area contributed by atoms with Gasteiger partial charge in [-0.25, -0.2) is 0 Å². The minimum atomic E-state index is -0.853. The first kappa shape index (κ1) is 22.4. The molecule has 8 nitrogen and oxygen atoms in total. The van der Waals surface area contributed by atoms with Crippen LogP contribution in [0, 0.1) is 5.92 Å². The Balaban J connectivity index is 1.80. The smallest absolute Gasteiger partial charge is 0.262 e. The van der Waals surface area contributed by atoms with Crippen LogP contribution in [0.5, 0.6) is 0 Å². The van der Waals surface area contributed by atoms with E-state index in [0.717, 1.165) is 4.90 Å². The molecule has 2 aliphatic rings. The molecule has 0 N–H and O–H groups in total. The molecule has 2 aliphatic heterocycles. The molecule has 3 amide bonds. The number of benzene rings is 1. The predicted octanol–water partition coefficient (Wildman–Crippen LogP) is 1.59. The van der Waals surface area contributed by atoms with Gasteiger partial charge in [0.1, 0.15) is 6.04 Å². The molecule has 1 aromatic carbocycles. The first-order valence-corrected chi connectivity index (χ1v) is 10.5. The quantitative estimate of drug-likeness (QED) is 0.691. The maximum atomic E-state index is 13.5. The topological polar surface area (TPSA) is 85.4 Å². The Hall–Kier alpha value is -2.29. The van der Waals surface area contributed by atoms with Gasteiger partial charge in [0.25, 0.3) is 11.8 Å². The van der Waals surface area contributed by atoms with E-state index in [4.69, 9.17) is 14.2 Å². The number of hydrogen-bond acceptors (Lipinski definition) is 6. The van der Waals surface area contributed by atoms with Crippen LogP contribution in [-0.2, 0) is 19.0 Å². The summed E-state index contributed by atoms with van der Waals surface area (Å²) in [6, 6.07) is 5.86. The minimum Gasteiger partial charge on any atom is -0.377 e. The molecular weight excluding hydrogens is 388 g/mol. The molecule has 0 aliphatic carbocycles. The summed E-state index contributed by atoms with van der Waals surface area (Å²) >= 11 is 0. The lowest BCUT2D eigenvalue weighted by Crippen LogP contribution is -2.52. The largest absolute Gasteiger partial charge is 0.377 e. The van der Waals surface area contributed by atoms with E-state index in [1.54, 1.807) is 29.2 Å². The third kappa shape index (κ3) is 5.24. The number of carbonyl (C=O) groups excluding carboxylic acids is 3. The average molecular weight is 418 g/mol. The molecule has 0 bridgehead atoms. The van der Waals surface area contributed by atoms with Crippen molar-refractivity contribution in [2.24, 2.45) is 5.92 Å².